The number of carbonyl (C=O) groups excluding carboxylic acids is 1. The maximum atomic E-state index is 11.8. The van der Waals surface area contributed by atoms with Crippen LogP contribution in [0.4, 0.5) is 5.13 Å². The molecule has 0 saturated carbocycles. The number of anilines is 1. The van der Waals surface area contributed by atoms with Gasteiger partial charge in [0.2, 0.25) is 5.91 Å². The molecule has 0 unspecified atom stereocenters. The highest BCUT2D eigenvalue weighted by Gasteiger charge is 2.25. The summed E-state index contributed by atoms with van der Waals surface area (Å²) in [6, 6.07) is 0. The molecule has 6 heteroatoms. The molecular formula is C12H18N2O3S. The summed E-state index contributed by atoms with van der Waals surface area (Å²) in [7, 11) is 0. The van der Waals surface area contributed by atoms with Crippen molar-refractivity contribution in [2.75, 3.05) is 5.32 Å². The van der Waals surface area contributed by atoms with E-state index in [0.717, 1.165) is 11.3 Å². The van der Waals surface area contributed by atoms with Gasteiger partial charge in [-0.1, -0.05) is 46.0 Å². The lowest BCUT2D eigenvalue weighted by Gasteiger charge is -2.15. The van der Waals surface area contributed by atoms with Crippen LogP contribution in [0.1, 0.15) is 55.9 Å². The average Bonchev–Trinajstić information content (AvgIpc) is 2.60. The van der Waals surface area contributed by atoms with E-state index in [2.05, 4.69) is 10.3 Å². The Hall–Kier alpha value is -1.43. The third-order valence-corrected chi connectivity index (χ3v) is 3.27. The zero-order chi connectivity index (χ0) is 14.1. The van der Waals surface area contributed by atoms with Crippen molar-refractivity contribution in [3.05, 3.63) is 10.6 Å². The molecule has 1 amide bonds. The Morgan fingerprint density at radius 2 is 1.89 bits per heavy atom. The number of rotatable bonds is 3. The van der Waals surface area contributed by atoms with Crippen LogP contribution in [0.3, 0.4) is 0 Å². The van der Waals surface area contributed by atoms with E-state index in [1.807, 2.05) is 13.8 Å². The van der Waals surface area contributed by atoms with Crippen molar-refractivity contribution < 1.29 is 14.7 Å². The topological polar surface area (TPSA) is 79.3 Å². The molecule has 100 valence electrons. The summed E-state index contributed by atoms with van der Waals surface area (Å²) in [5.41, 5.74) is -0.0238. The number of hydrogen-bond acceptors (Lipinski definition) is 4. The Morgan fingerprint density at radius 1 is 1.33 bits per heavy atom. The molecule has 0 aliphatic rings. The van der Waals surface area contributed by atoms with Gasteiger partial charge in [-0.3, -0.25) is 4.79 Å². The lowest BCUT2D eigenvalue weighted by molar-refractivity contribution is -0.123. The minimum Gasteiger partial charge on any atom is -0.477 e. The monoisotopic (exact) mass is 270 g/mol. The smallest absolute Gasteiger partial charge is 0.347 e. The van der Waals surface area contributed by atoms with Gasteiger partial charge >= 0.3 is 5.97 Å². The van der Waals surface area contributed by atoms with Crippen LogP contribution in [0.25, 0.3) is 0 Å². The fourth-order valence-electron chi connectivity index (χ4n) is 1.21. The minimum absolute atomic E-state index is 0.00707. The predicted octanol–water partition coefficient (Wildman–Crippen LogP) is 2.95. The molecule has 1 rings (SSSR count). The highest BCUT2D eigenvalue weighted by molar-refractivity contribution is 7.17. The number of nitrogens with one attached hydrogen (secondary N) is 1. The Bertz CT molecular complexity index is 472. The fraction of sp³-hybridized carbons (Fsp3) is 0.583. The van der Waals surface area contributed by atoms with Gasteiger partial charge in [-0.15, -0.1) is 0 Å². The largest absolute Gasteiger partial charge is 0.477 e. The second kappa shape index (κ2) is 5.06. The number of nitrogens with zero attached hydrogens (tertiary/aromatic N) is 1. The van der Waals surface area contributed by atoms with Gasteiger partial charge in [0.15, 0.2) is 5.13 Å². The minimum atomic E-state index is -1.01. The number of amides is 1. The zero-order valence-corrected chi connectivity index (χ0v) is 12.0. The molecule has 0 aliphatic heterocycles. The van der Waals surface area contributed by atoms with Gasteiger partial charge in [0.25, 0.3) is 0 Å². The number of aromatic nitrogens is 1. The van der Waals surface area contributed by atoms with Crippen LogP contribution in [0.2, 0.25) is 0 Å². The second-order valence-corrected chi connectivity index (χ2v) is 6.40. The first-order chi connectivity index (χ1) is 8.12. The van der Waals surface area contributed by atoms with E-state index in [1.54, 1.807) is 20.8 Å². The highest BCUT2D eigenvalue weighted by atomic mass is 32.1. The van der Waals surface area contributed by atoms with Crippen molar-refractivity contribution in [1.29, 1.82) is 0 Å². The van der Waals surface area contributed by atoms with Gasteiger partial charge in [0.1, 0.15) is 4.88 Å². The van der Waals surface area contributed by atoms with Crippen LogP contribution in [-0.2, 0) is 4.79 Å². The normalized spacial score (nSPS) is 11.7. The van der Waals surface area contributed by atoms with Crippen LogP contribution < -0.4 is 5.32 Å². The number of carbonyl (C=O) groups is 2. The molecule has 0 bridgehead atoms. The third kappa shape index (κ3) is 3.29. The highest BCUT2D eigenvalue weighted by Crippen LogP contribution is 2.29. The molecule has 1 aromatic heterocycles. The van der Waals surface area contributed by atoms with Crippen LogP contribution >= 0.6 is 11.3 Å². The van der Waals surface area contributed by atoms with Crippen molar-refractivity contribution in [2.24, 2.45) is 5.41 Å². The van der Waals surface area contributed by atoms with Crippen molar-refractivity contribution in [3.63, 3.8) is 0 Å². The summed E-state index contributed by atoms with van der Waals surface area (Å²) in [4.78, 5) is 27.3. The molecule has 5 nitrogen and oxygen atoms in total. The van der Waals surface area contributed by atoms with Crippen molar-refractivity contribution in [3.8, 4) is 0 Å². The van der Waals surface area contributed by atoms with E-state index >= 15 is 0 Å². The van der Waals surface area contributed by atoms with Crippen LogP contribution in [0.5, 0.6) is 0 Å². The Labute approximate surface area is 110 Å². The van der Waals surface area contributed by atoms with E-state index in [1.165, 1.54) is 0 Å². The fourth-order valence-corrected chi connectivity index (χ4v) is 2.17. The zero-order valence-electron chi connectivity index (χ0n) is 11.2. The number of thiazole rings is 1. The molecule has 2 N–H and O–H groups in total. The van der Waals surface area contributed by atoms with Crippen LogP contribution in [0.15, 0.2) is 0 Å². The maximum absolute atomic E-state index is 11.8. The van der Waals surface area contributed by atoms with Crippen molar-refractivity contribution in [1.82, 2.24) is 4.98 Å². The number of hydrogen-bond donors (Lipinski definition) is 2. The average molecular weight is 270 g/mol. The van der Waals surface area contributed by atoms with Gasteiger partial charge in [0.05, 0.1) is 5.69 Å². The number of carboxylic acid groups (broad SMARTS) is 1. The molecule has 0 radical (unpaired) electrons. The standard InChI is InChI=1S/C12H18N2O3S/c1-6(2)7-8(9(15)16)18-11(13-7)14-10(17)12(3,4)5/h6H,1-5H3,(H,15,16)(H,13,14,17). The first-order valence-electron chi connectivity index (χ1n) is 5.68. The number of carboxylic acids is 1. The van der Waals surface area contributed by atoms with Crippen molar-refractivity contribution in [2.45, 2.75) is 40.5 Å². The summed E-state index contributed by atoms with van der Waals surface area (Å²) < 4.78 is 0. The molecule has 0 aromatic carbocycles. The number of aromatic carboxylic acids is 1. The van der Waals surface area contributed by atoms with E-state index < -0.39 is 11.4 Å². The summed E-state index contributed by atoms with van der Waals surface area (Å²) in [6.45, 7) is 9.11. The lowest BCUT2D eigenvalue weighted by atomic mass is 9.96. The van der Waals surface area contributed by atoms with Gasteiger partial charge in [0, 0.05) is 5.41 Å². The summed E-state index contributed by atoms with van der Waals surface area (Å²) in [6.07, 6.45) is 0. The predicted molar refractivity (Wildman–Crippen MR) is 71.2 cm³/mol. The second-order valence-electron chi connectivity index (χ2n) is 5.40. The Balaban J connectivity index is 3.03. The van der Waals surface area contributed by atoms with E-state index in [0.29, 0.717) is 10.8 Å². The van der Waals surface area contributed by atoms with E-state index in [4.69, 9.17) is 5.11 Å². The molecule has 0 saturated heterocycles. The SMILES string of the molecule is CC(C)c1nc(NC(=O)C(C)(C)C)sc1C(=O)O. The van der Waals surface area contributed by atoms with Gasteiger partial charge in [-0.25, -0.2) is 9.78 Å². The van der Waals surface area contributed by atoms with Crippen molar-refractivity contribution >= 4 is 28.3 Å². The molecule has 0 aliphatic carbocycles. The molecule has 1 heterocycles. The summed E-state index contributed by atoms with van der Waals surface area (Å²) in [5, 5.41) is 12.1. The Morgan fingerprint density at radius 3 is 2.22 bits per heavy atom. The maximum Gasteiger partial charge on any atom is 0.347 e. The lowest BCUT2D eigenvalue weighted by Crippen LogP contribution is -2.27. The first-order valence-corrected chi connectivity index (χ1v) is 6.50. The quantitative estimate of drug-likeness (QED) is 0.885. The van der Waals surface area contributed by atoms with Gasteiger partial charge in [-0.05, 0) is 5.92 Å². The van der Waals surface area contributed by atoms with Gasteiger partial charge in [-0.2, -0.15) is 0 Å². The molecule has 18 heavy (non-hydrogen) atoms. The molecule has 0 spiro atoms. The Kier molecular flexibility index (Phi) is 4.11. The summed E-state index contributed by atoms with van der Waals surface area (Å²) >= 11 is 0.998. The van der Waals surface area contributed by atoms with Crippen LogP contribution in [-0.4, -0.2) is 22.0 Å². The molecule has 1 aromatic rings. The summed E-state index contributed by atoms with van der Waals surface area (Å²) in [5.74, 6) is -1.18. The van der Waals surface area contributed by atoms with E-state index in [9.17, 15) is 9.59 Å². The van der Waals surface area contributed by atoms with Gasteiger partial charge < -0.3 is 10.4 Å². The van der Waals surface area contributed by atoms with Crippen LogP contribution in [0, 0.1) is 5.41 Å². The first kappa shape index (κ1) is 14.6. The molecular weight excluding hydrogens is 252 g/mol. The molecule has 0 atom stereocenters. The third-order valence-electron chi connectivity index (χ3n) is 2.30. The van der Waals surface area contributed by atoms with E-state index in [-0.39, 0.29) is 16.7 Å². The molecule has 0 fully saturated rings.